The molecule has 2 saturated heterocycles. The number of fused-ring (bicyclic) bond motifs is 1. The topological polar surface area (TPSA) is 113 Å². The number of piperidine rings is 1. The lowest BCUT2D eigenvalue weighted by Gasteiger charge is -2.38. The molecule has 1 aromatic heterocycles. The summed E-state index contributed by atoms with van der Waals surface area (Å²) >= 11 is 0. The number of hydrogen-bond donors (Lipinski definition) is 4. The summed E-state index contributed by atoms with van der Waals surface area (Å²) in [6.07, 6.45) is 5.70. The van der Waals surface area contributed by atoms with Crippen LogP contribution in [-0.2, 0) is 16.6 Å². The highest BCUT2D eigenvalue weighted by Crippen LogP contribution is 2.38. The second-order valence-corrected chi connectivity index (χ2v) is 8.81. The first-order valence-electron chi connectivity index (χ1n) is 11.0. The number of nitrogens with one attached hydrogen (secondary N) is 4. The van der Waals surface area contributed by atoms with Crippen LogP contribution in [0, 0.1) is 11.8 Å². The lowest BCUT2D eigenvalue weighted by Crippen LogP contribution is -2.63. The molecule has 0 spiro atoms. The Morgan fingerprint density at radius 3 is 2.78 bits per heavy atom. The van der Waals surface area contributed by atoms with Gasteiger partial charge in [0.1, 0.15) is 5.75 Å². The summed E-state index contributed by atoms with van der Waals surface area (Å²) in [5.41, 5.74) is 5.84. The van der Waals surface area contributed by atoms with Crippen LogP contribution in [0.3, 0.4) is 0 Å². The number of aryl methyl sites for hydroxylation is 1. The maximum absolute atomic E-state index is 12.9. The second kappa shape index (κ2) is 8.10. The Morgan fingerprint density at radius 1 is 1.28 bits per heavy atom. The van der Waals surface area contributed by atoms with Crippen LogP contribution in [-0.4, -0.2) is 59.1 Å². The molecule has 1 saturated carbocycles. The molecule has 2 aliphatic heterocycles. The van der Waals surface area contributed by atoms with Gasteiger partial charge in [-0.05, 0) is 18.9 Å². The first-order valence-corrected chi connectivity index (χ1v) is 11.0. The van der Waals surface area contributed by atoms with E-state index in [0.29, 0.717) is 12.2 Å². The normalized spacial score (nSPS) is 27.2. The van der Waals surface area contributed by atoms with Crippen molar-refractivity contribution >= 4 is 17.5 Å². The quantitative estimate of drug-likeness (QED) is 0.523. The number of rotatable bonds is 6. The minimum atomic E-state index is -0.319. The molecule has 0 radical (unpaired) electrons. The van der Waals surface area contributed by atoms with Gasteiger partial charge in [-0.15, -0.1) is 0 Å². The molecule has 3 aliphatic rings. The first-order chi connectivity index (χ1) is 15.4. The van der Waals surface area contributed by atoms with Gasteiger partial charge in [-0.25, -0.2) is 5.43 Å². The van der Waals surface area contributed by atoms with E-state index in [1.807, 2.05) is 31.4 Å². The molecule has 1 aromatic carbocycles. The number of methoxy groups -OCH3 is 1. The lowest BCUT2D eigenvalue weighted by atomic mass is 9.88. The molecule has 2 aromatic rings. The average Bonchev–Trinajstić information content (AvgIpc) is 3.47. The van der Waals surface area contributed by atoms with E-state index in [-0.39, 0.29) is 42.0 Å². The van der Waals surface area contributed by atoms with Crippen LogP contribution in [0.1, 0.15) is 19.3 Å². The van der Waals surface area contributed by atoms with E-state index >= 15 is 0 Å². The number of carbonyl (C=O) groups is 2. The van der Waals surface area contributed by atoms with Crippen LogP contribution in [0.5, 0.6) is 5.75 Å². The van der Waals surface area contributed by atoms with E-state index in [1.165, 1.54) is 5.01 Å². The van der Waals surface area contributed by atoms with Crippen LogP contribution in [0.25, 0.3) is 11.1 Å². The lowest BCUT2D eigenvalue weighted by molar-refractivity contribution is -0.131. The van der Waals surface area contributed by atoms with Gasteiger partial charge in [-0.1, -0.05) is 12.1 Å². The van der Waals surface area contributed by atoms with Gasteiger partial charge in [0.2, 0.25) is 11.8 Å². The second-order valence-electron chi connectivity index (χ2n) is 8.81. The van der Waals surface area contributed by atoms with Crippen molar-refractivity contribution in [3.05, 3.63) is 30.6 Å². The summed E-state index contributed by atoms with van der Waals surface area (Å²) in [6.45, 7) is 0. The Labute approximate surface area is 186 Å². The summed E-state index contributed by atoms with van der Waals surface area (Å²) < 4.78 is 7.52. The van der Waals surface area contributed by atoms with Crippen molar-refractivity contribution in [3.63, 3.8) is 0 Å². The molecular weight excluding hydrogens is 410 g/mol. The van der Waals surface area contributed by atoms with Crippen molar-refractivity contribution in [2.45, 2.75) is 37.6 Å². The fourth-order valence-electron chi connectivity index (χ4n) is 4.69. The summed E-state index contributed by atoms with van der Waals surface area (Å²) in [5, 5.41) is 15.8. The molecular formula is C22H29N7O3. The van der Waals surface area contributed by atoms with Gasteiger partial charge in [-0.3, -0.25) is 24.6 Å². The number of ether oxygens (including phenoxy) is 1. The number of benzene rings is 1. The van der Waals surface area contributed by atoms with Gasteiger partial charge in [0, 0.05) is 49.8 Å². The Morgan fingerprint density at radius 2 is 2.09 bits per heavy atom. The predicted octanol–water partition coefficient (Wildman–Crippen LogP) is 0.641. The van der Waals surface area contributed by atoms with Crippen molar-refractivity contribution in [2.24, 2.45) is 18.9 Å². The fraction of sp³-hybridized carbons (Fsp3) is 0.500. The highest BCUT2D eigenvalue weighted by atomic mass is 16.5. The molecule has 10 heteroatoms. The smallest absolute Gasteiger partial charge is 0.244 e. The Bertz CT molecular complexity index is 1030. The van der Waals surface area contributed by atoms with Crippen LogP contribution in [0.4, 0.5) is 5.69 Å². The number of anilines is 1. The molecule has 2 amide bonds. The Hall–Kier alpha value is -3.11. The number of nitrogens with zero attached hydrogens (tertiary/aromatic N) is 3. The van der Waals surface area contributed by atoms with E-state index in [1.54, 1.807) is 25.0 Å². The van der Waals surface area contributed by atoms with Crippen LogP contribution < -0.4 is 26.1 Å². The molecule has 5 rings (SSSR count). The minimum Gasteiger partial charge on any atom is -0.494 e. The van der Waals surface area contributed by atoms with Crippen molar-refractivity contribution in [1.82, 2.24) is 30.8 Å². The fourth-order valence-corrected chi connectivity index (χ4v) is 4.69. The number of amides is 2. The van der Waals surface area contributed by atoms with E-state index < -0.39 is 0 Å². The molecule has 32 heavy (non-hydrogen) atoms. The third kappa shape index (κ3) is 3.80. The number of carbonyl (C=O) groups excluding carboxylic acids is 2. The SMILES string of the molecule is COc1c(NC2CC(NC(=O)C3CC3)NC3NN(C)C(=O)C23)cccc1-c1cnn(C)c1. The monoisotopic (exact) mass is 439 g/mol. The highest BCUT2D eigenvalue weighted by molar-refractivity contribution is 5.84. The van der Waals surface area contributed by atoms with Crippen molar-refractivity contribution < 1.29 is 14.3 Å². The zero-order chi connectivity index (χ0) is 22.4. The third-order valence-corrected chi connectivity index (χ3v) is 6.45. The Kier molecular flexibility index (Phi) is 5.26. The van der Waals surface area contributed by atoms with Crippen LogP contribution in [0.2, 0.25) is 0 Å². The van der Waals surface area contributed by atoms with Gasteiger partial charge in [0.15, 0.2) is 0 Å². The van der Waals surface area contributed by atoms with E-state index in [9.17, 15) is 9.59 Å². The summed E-state index contributed by atoms with van der Waals surface area (Å²) in [5.74, 6) is 0.586. The van der Waals surface area contributed by atoms with Gasteiger partial charge < -0.3 is 15.4 Å². The van der Waals surface area contributed by atoms with Gasteiger partial charge in [0.05, 0.1) is 37.2 Å². The molecule has 3 fully saturated rings. The molecule has 1 aliphatic carbocycles. The van der Waals surface area contributed by atoms with E-state index in [2.05, 4.69) is 26.5 Å². The minimum absolute atomic E-state index is 0.00866. The molecule has 170 valence electrons. The van der Waals surface area contributed by atoms with Crippen molar-refractivity contribution in [3.8, 4) is 16.9 Å². The maximum atomic E-state index is 12.9. The van der Waals surface area contributed by atoms with E-state index in [0.717, 1.165) is 29.7 Å². The summed E-state index contributed by atoms with van der Waals surface area (Å²) in [7, 11) is 5.24. The van der Waals surface area contributed by atoms with Gasteiger partial charge in [0.25, 0.3) is 0 Å². The largest absolute Gasteiger partial charge is 0.494 e. The maximum Gasteiger partial charge on any atom is 0.244 e. The molecule has 4 atom stereocenters. The number of para-hydroxylation sites is 1. The van der Waals surface area contributed by atoms with Crippen LogP contribution in [0.15, 0.2) is 30.6 Å². The standard InChI is InChI=1S/C22H29N7O3/c1-28-11-13(10-23-28)14-5-4-6-15(19(14)32-3)24-16-9-17(26-21(30)12-7-8-12)25-20-18(16)22(31)29(2)27-20/h4-6,10-12,16-18,20,24-25,27H,7-9H2,1-3H3,(H,26,30). The predicted molar refractivity (Wildman–Crippen MR) is 118 cm³/mol. The van der Waals surface area contributed by atoms with E-state index in [4.69, 9.17) is 4.74 Å². The summed E-state index contributed by atoms with van der Waals surface area (Å²) in [4.78, 5) is 25.3. The third-order valence-electron chi connectivity index (χ3n) is 6.45. The average molecular weight is 440 g/mol. The molecule has 3 heterocycles. The molecule has 4 unspecified atom stereocenters. The molecule has 4 N–H and O–H groups in total. The zero-order valence-electron chi connectivity index (χ0n) is 18.5. The van der Waals surface area contributed by atoms with Crippen LogP contribution >= 0.6 is 0 Å². The van der Waals surface area contributed by atoms with Crippen molar-refractivity contribution in [1.29, 1.82) is 0 Å². The molecule has 0 bridgehead atoms. The molecule has 10 nitrogen and oxygen atoms in total. The summed E-state index contributed by atoms with van der Waals surface area (Å²) in [6, 6.07) is 5.69. The Balaban J connectivity index is 1.43. The van der Waals surface area contributed by atoms with Crippen molar-refractivity contribution in [2.75, 3.05) is 19.5 Å². The first kappa shape index (κ1) is 20.8. The van der Waals surface area contributed by atoms with Gasteiger partial charge >= 0.3 is 0 Å². The highest BCUT2D eigenvalue weighted by Gasteiger charge is 2.49. The number of aromatic nitrogens is 2. The zero-order valence-corrected chi connectivity index (χ0v) is 18.5. The van der Waals surface area contributed by atoms with Gasteiger partial charge in [-0.2, -0.15) is 5.10 Å². The number of hydrazine groups is 1. The number of hydrogen-bond acceptors (Lipinski definition) is 7.